The van der Waals surface area contributed by atoms with Gasteiger partial charge in [-0.25, -0.2) is 9.37 Å². The molecule has 4 nitrogen and oxygen atoms in total. The SMILES string of the molecule is Fc1cc(C2=NC2)ccc1Oc1nc(-c2cccc(Cl)c2)nc2ccsc12. The summed E-state index contributed by atoms with van der Waals surface area (Å²) in [6.45, 7) is 0.671. The molecule has 4 aromatic rings. The number of aromatic nitrogens is 2. The van der Waals surface area contributed by atoms with Gasteiger partial charge in [-0.1, -0.05) is 23.7 Å². The number of nitrogens with zero attached hydrogens (tertiary/aromatic N) is 3. The molecule has 2 aromatic heterocycles. The van der Waals surface area contributed by atoms with Crippen molar-refractivity contribution in [2.24, 2.45) is 4.99 Å². The van der Waals surface area contributed by atoms with Gasteiger partial charge in [0.15, 0.2) is 17.4 Å². The largest absolute Gasteiger partial charge is 0.434 e. The highest BCUT2D eigenvalue weighted by Crippen LogP contribution is 2.35. The Labute approximate surface area is 163 Å². The van der Waals surface area contributed by atoms with Crippen molar-refractivity contribution in [1.29, 1.82) is 0 Å². The van der Waals surface area contributed by atoms with Crippen LogP contribution in [-0.2, 0) is 0 Å². The maximum absolute atomic E-state index is 14.5. The van der Waals surface area contributed by atoms with E-state index < -0.39 is 5.82 Å². The van der Waals surface area contributed by atoms with Crippen molar-refractivity contribution in [3.63, 3.8) is 0 Å². The van der Waals surface area contributed by atoms with Crippen LogP contribution in [0.3, 0.4) is 0 Å². The molecule has 0 saturated heterocycles. The van der Waals surface area contributed by atoms with Gasteiger partial charge in [-0.3, -0.25) is 4.99 Å². The van der Waals surface area contributed by atoms with Gasteiger partial charge in [-0.15, -0.1) is 11.3 Å². The molecule has 0 unspecified atom stereocenters. The van der Waals surface area contributed by atoms with Gasteiger partial charge in [0.2, 0.25) is 5.88 Å². The van der Waals surface area contributed by atoms with Gasteiger partial charge in [-0.05, 0) is 41.8 Å². The van der Waals surface area contributed by atoms with E-state index in [2.05, 4.69) is 15.0 Å². The van der Waals surface area contributed by atoms with Gasteiger partial charge in [0.1, 0.15) is 4.70 Å². The van der Waals surface area contributed by atoms with Crippen LogP contribution in [-0.4, -0.2) is 22.2 Å². The van der Waals surface area contributed by atoms with Gasteiger partial charge in [0.25, 0.3) is 0 Å². The average Bonchev–Trinajstić information content (AvgIpc) is 3.40. The number of thiophene rings is 1. The van der Waals surface area contributed by atoms with Crippen LogP contribution in [0.2, 0.25) is 5.02 Å². The predicted molar refractivity (Wildman–Crippen MR) is 106 cm³/mol. The molecule has 0 N–H and O–H groups in total. The minimum absolute atomic E-state index is 0.116. The van der Waals surface area contributed by atoms with Gasteiger partial charge >= 0.3 is 0 Å². The fraction of sp³-hybridized carbons (Fsp3) is 0.0500. The summed E-state index contributed by atoms with van der Waals surface area (Å²) < 4.78 is 21.1. The fourth-order valence-corrected chi connectivity index (χ4v) is 3.70. The topological polar surface area (TPSA) is 47.4 Å². The Bertz CT molecular complexity index is 1220. The second-order valence-corrected chi connectivity index (χ2v) is 7.36. The van der Waals surface area contributed by atoms with Crippen molar-refractivity contribution in [1.82, 2.24) is 9.97 Å². The Morgan fingerprint density at radius 2 is 1.93 bits per heavy atom. The highest BCUT2D eigenvalue weighted by Gasteiger charge is 2.18. The first-order valence-electron chi connectivity index (χ1n) is 8.20. The lowest BCUT2D eigenvalue weighted by Gasteiger charge is -2.09. The molecule has 1 aliphatic rings. The van der Waals surface area contributed by atoms with E-state index in [9.17, 15) is 4.39 Å². The third-order valence-corrected chi connectivity index (χ3v) is 5.27. The second-order valence-electron chi connectivity index (χ2n) is 6.01. The Hall–Kier alpha value is -2.83. The van der Waals surface area contributed by atoms with Gasteiger partial charge in [0.05, 0.1) is 17.8 Å². The minimum atomic E-state index is -0.449. The maximum atomic E-state index is 14.5. The van der Waals surface area contributed by atoms with Crippen molar-refractivity contribution in [3.8, 4) is 23.0 Å². The molecular weight excluding hydrogens is 385 g/mol. The van der Waals surface area contributed by atoms with E-state index in [1.54, 1.807) is 24.3 Å². The number of ether oxygens (including phenoxy) is 1. The van der Waals surface area contributed by atoms with Crippen LogP contribution < -0.4 is 4.74 Å². The number of hydrogen-bond acceptors (Lipinski definition) is 5. The zero-order valence-electron chi connectivity index (χ0n) is 13.8. The Kier molecular flexibility index (Phi) is 3.88. The smallest absolute Gasteiger partial charge is 0.241 e. The molecule has 7 heteroatoms. The summed E-state index contributed by atoms with van der Waals surface area (Å²) in [4.78, 5) is 13.2. The third-order valence-electron chi connectivity index (χ3n) is 4.14. The fourth-order valence-electron chi connectivity index (χ4n) is 2.75. The van der Waals surface area contributed by atoms with Gasteiger partial charge < -0.3 is 4.74 Å². The number of hydrogen-bond donors (Lipinski definition) is 0. The minimum Gasteiger partial charge on any atom is -0.434 e. The normalized spacial score (nSPS) is 12.9. The molecule has 0 radical (unpaired) electrons. The monoisotopic (exact) mass is 395 g/mol. The molecule has 3 heterocycles. The maximum Gasteiger partial charge on any atom is 0.241 e. The molecule has 0 bridgehead atoms. The highest BCUT2D eigenvalue weighted by atomic mass is 35.5. The molecule has 2 aromatic carbocycles. The Balaban J connectivity index is 1.58. The molecule has 0 atom stereocenters. The summed E-state index contributed by atoms with van der Waals surface area (Å²) in [6.07, 6.45) is 0. The van der Waals surface area contributed by atoms with Crippen molar-refractivity contribution in [3.05, 3.63) is 70.3 Å². The summed E-state index contributed by atoms with van der Waals surface area (Å²) in [5.74, 6) is 0.461. The van der Waals surface area contributed by atoms with E-state index in [0.717, 1.165) is 27.1 Å². The lowest BCUT2D eigenvalue weighted by Crippen LogP contribution is -1.97. The molecule has 27 heavy (non-hydrogen) atoms. The summed E-state index contributed by atoms with van der Waals surface area (Å²) in [6, 6.07) is 14.0. The summed E-state index contributed by atoms with van der Waals surface area (Å²) in [7, 11) is 0. The molecule has 0 amide bonds. The van der Waals surface area contributed by atoms with Gasteiger partial charge in [-0.2, -0.15) is 4.98 Å². The lowest BCUT2D eigenvalue weighted by atomic mass is 10.1. The molecule has 132 valence electrons. The van der Waals surface area contributed by atoms with E-state index >= 15 is 0 Å². The first-order valence-corrected chi connectivity index (χ1v) is 9.45. The van der Waals surface area contributed by atoms with Crippen LogP contribution in [0.25, 0.3) is 21.6 Å². The molecule has 0 saturated carbocycles. The zero-order valence-corrected chi connectivity index (χ0v) is 15.4. The van der Waals surface area contributed by atoms with E-state index in [4.69, 9.17) is 16.3 Å². The summed E-state index contributed by atoms with van der Waals surface area (Å²) >= 11 is 7.53. The Morgan fingerprint density at radius 1 is 1.04 bits per heavy atom. The molecular formula is C20H11ClFN3OS. The van der Waals surface area contributed by atoms with E-state index in [1.165, 1.54) is 17.4 Å². The molecule has 5 rings (SSSR count). The van der Waals surface area contributed by atoms with Crippen LogP contribution in [0.4, 0.5) is 4.39 Å². The van der Waals surface area contributed by atoms with Gasteiger partial charge in [0, 0.05) is 16.1 Å². The number of fused-ring (bicyclic) bond motifs is 1. The predicted octanol–water partition coefficient (Wildman–Crippen LogP) is 5.75. The molecule has 0 aliphatic carbocycles. The van der Waals surface area contributed by atoms with Crippen molar-refractivity contribution >= 4 is 38.9 Å². The van der Waals surface area contributed by atoms with Crippen LogP contribution in [0, 0.1) is 5.82 Å². The van der Waals surface area contributed by atoms with E-state index in [-0.39, 0.29) is 5.75 Å². The number of aliphatic imine (C=N–C) groups is 1. The first-order chi connectivity index (χ1) is 13.2. The zero-order chi connectivity index (χ0) is 18.4. The summed E-state index contributed by atoms with van der Waals surface area (Å²) in [5, 5.41) is 2.49. The molecule has 0 spiro atoms. The molecule has 1 aliphatic heterocycles. The van der Waals surface area contributed by atoms with Crippen molar-refractivity contribution in [2.75, 3.05) is 6.54 Å². The standard InChI is InChI=1S/C20H11ClFN3OS/c21-13-3-1-2-12(8-13)19-24-15-6-7-27-18(15)20(25-19)26-17-5-4-11(9-14(17)22)16-10-23-16/h1-9H,10H2. The van der Waals surface area contributed by atoms with Crippen LogP contribution in [0.1, 0.15) is 5.56 Å². The summed E-state index contributed by atoms with van der Waals surface area (Å²) in [5.41, 5.74) is 3.20. The van der Waals surface area contributed by atoms with Crippen LogP contribution in [0.5, 0.6) is 11.6 Å². The Morgan fingerprint density at radius 3 is 2.70 bits per heavy atom. The van der Waals surface area contributed by atoms with Crippen LogP contribution >= 0.6 is 22.9 Å². The highest BCUT2D eigenvalue weighted by molar-refractivity contribution is 7.17. The number of halogens is 2. The third kappa shape index (κ3) is 3.18. The van der Waals surface area contributed by atoms with E-state index in [0.29, 0.717) is 23.3 Å². The average molecular weight is 396 g/mol. The second kappa shape index (κ2) is 6.40. The molecule has 0 fully saturated rings. The van der Waals surface area contributed by atoms with E-state index in [1.807, 2.05) is 23.6 Å². The number of rotatable bonds is 4. The number of benzene rings is 2. The quantitative estimate of drug-likeness (QED) is 0.442. The lowest BCUT2D eigenvalue weighted by molar-refractivity contribution is 0.433. The van der Waals surface area contributed by atoms with Crippen molar-refractivity contribution in [2.45, 2.75) is 0 Å². The first kappa shape index (κ1) is 16.4. The van der Waals surface area contributed by atoms with Crippen molar-refractivity contribution < 1.29 is 9.13 Å². The van der Waals surface area contributed by atoms with Crippen LogP contribution in [0.15, 0.2) is 58.9 Å².